The molecule has 0 spiro atoms. The van der Waals surface area contributed by atoms with Crippen molar-refractivity contribution in [3.05, 3.63) is 30.1 Å². The van der Waals surface area contributed by atoms with Gasteiger partial charge in [-0.1, -0.05) is 0 Å². The lowest BCUT2D eigenvalue weighted by Gasteiger charge is -2.17. The van der Waals surface area contributed by atoms with E-state index in [1.807, 2.05) is 12.1 Å². The number of halogens is 1. The molecule has 5 heteroatoms. The van der Waals surface area contributed by atoms with Crippen LogP contribution in [0, 0.1) is 5.82 Å². The van der Waals surface area contributed by atoms with E-state index in [2.05, 4.69) is 18.8 Å². The molecule has 104 valence electrons. The van der Waals surface area contributed by atoms with Gasteiger partial charge in [-0.25, -0.2) is 9.38 Å². The van der Waals surface area contributed by atoms with Crippen molar-refractivity contribution in [1.82, 2.24) is 0 Å². The lowest BCUT2D eigenvalue weighted by Crippen LogP contribution is -2.24. The summed E-state index contributed by atoms with van der Waals surface area (Å²) in [6, 6.07) is 7.19. The van der Waals surface area contributed by atoms with Crippen LogP contribution in [-0.4, -0.2) is 23.4 Å². The highest BCUT2D eigenvalue weighted by Crippen LogP contribution is 2.24. The predicted octanol–water partition coefficient (Wildman–Crippen LogP) is 2.27. The van der Waals surface area contributed by atoms with Crippen LogP contribution in [-0.2, 0) is 16.5 Å². The summed E-state index contributed by atoms with van der Waals surface area (Å²) in [5.74, 6) is -0.190. The fourth-order valence-corrected chi connectivity index (χ4v) is 3.26. The number of nitrogens with zero attached hydrogens (tertiary/aromatic N) is 1. The molecule has 2 N–H and O–H groups in total. The summed E-state index contributed by atoms with van der Waals surface area (Å²) < 4.78 is 18.1. The molecule has 0 saturated carbocycles. The van der Waals surface area contributed by atoms with Crippen molar-refractivity contribution in [2.75, 3.05) is 6.61 Å². The van der Waals surface area contributed by atoms with Crippen LogP contribution >= 0.6 is 0 Å². The highest BCUT2D eigenvalue weighted by atomic mass is 32.2. The van der Waals surface area contributed by atoms with E-state index in [1.165, 1.54) is 23.9 Å². The van der Waals surface area contributed by atoms with E-state index in [-0.39, 0.29) is 16.6 Å². The number of amidine groups is 1. The third-order valence-corrected chi connectivity index (χ3v) is 4.47. The van der Waals surface area contributed by atoms with Gasteiger partial charge in [0.15, 0.2) is 4.90 Å². The summed E-state index contributed by atoms with van der Waals surface area (Å²) in [6.07, 6.45) is 1.98. The summed E-state index contributed by atoms with van der Waals surface area (Å²) in [4.78, 5) is 5.37. The Balaban J connectivity index is 1.86. The quantitative estimate of drug-likeness (QED) is 0.665. The molecule has 19 heavy (non-hydrogen) atoms. The van der Waals surface area contributed by atoms with Crippen molar-refractivity contribution in [2.24, 2.45) is 10.7 Å². The SMILES string of the molecule is CC(C)(CCC1COC(N)=N1)[SH+]c1ccc(F)cc1. The van der Waals surface area contributed by atoms with Gasteiger partial charge in [0.25, 0.3) is 6.02 Å². The zero-order valence-corrected chi connectivity index (χ0v) is 12.2. The standard InChI is InChI=1S/C14H19FN2OS/c1-14(2,8-7-11-9-18-13(16)17-11)19-12-5-3-10(15)4-6-12/h3-6,11H,7-9H2,1-2H3,(H2,16,17)/p+1. The summed E-state index contributed by atoms with van der Waals surface area (Å²) in [7, 11) is 0. The molecule has 1 aromatic carbocycles. The number of rotatable bonds is 5. The fraction of sp³-hybridized carbons (Fsp3) is 0.500. The Bertz CT molecular complexity index is 459. The topological polar surface area (TPSA) is 47.6 Å². The zero-order chi connectivity index (χ0) is 13.9. The number of aliphatic imine (C=N–C) groups is 1. The Labute approximate surface area is 117 Å². The zero-order valence-electron chi connectivity index (χ0n) is 11.3. The van der Waals surface area contributed by atoms with E-state index in [9.17, 15) is 4.39 Å². The molecule has 0 bridgehead atoms. The van der Waals surface area contributed by atoms with Crippen LogP contribution in [0.1, 0.15) is 26.7 Å². The van der Waals surface area contributed by atoms with Crippen molar-refractivity contribution in [2.45, 2.75) is 42.4 Å². The van der Waals surface area contributed by atoms with Gasteiger partial charge < -0.3 is 10.5 Å². The molecule has 1 aliphatic rings. The highest BCUT2D eigenvalue weighted by molar-refractivity contribution is 7.80. The number of benzene rings is 1. The lowest BCUT2D eigenvalue weighted by atomic mass is 10.0. The van der Waals surface area contributed by atoms with Gasteiger partial charge in [0, 0.05) is 11.8 Å². The third-order valence-electron chi connectivity index (χ3n) is 3.08. The van der Waals surface area contributed by atoms with Gasteiger partial charge >= 0.3 is 0 Å². The van der Waals surface area contributed by atoms with Crippen LogP contribution < -0.4 is 5.73 Å². The van der Waals surface area contributed by atoms with E-state index in [4.69, 9.17) is 10.5 Å². The van der Waals surface area contributed by atoms with Gasteiger partial charge in [-0.15, -0.1) is 0 Å². The normalized spacial score (nSPS) is 19.1. The lowest BCUT2D eigenvalue weighted by molar-refractivity contribution is 0.303. The number of hydrogen-bond acceptors (Lipinski definition) is 3. The molecule has 0 aliphatic carbocycles. The van der Waals surface area contributed by atoms with Crippen LogP contribution in [0.4, 0.5) is 4.39 Å². The maximum absolute atomic E-state index is 12.9. The maximum Gasteiger partial charge on any atom is 0.282 e. The molecule has 3 nitrogen and oxygen atoms in total. The summed E-state index contributed by atoms with van der Waals surface area (Å²) in [5, 5.41) is 0. The second-order valence-electron chi connectivity index (χ2n) is 5.37. The molecule has 2 rings (SSSR count). The molecule has 0 radical (unpaired) electrons. The monoisotopic (exact) mass is 283 g/mol. The Hall–Kier alpha value is -1.23. The van der Waals surface area contributed by atoms with Crippen LogP contribution in [0.5, 0.6) is 0 Å². The molecule has 0 fully saturated rings. The van der Waals surface area contributed by atoms with Gasteiger partial charge in [0.05, 0.1) is 6.04 Å². The smallest absolute Gasteiger partial charge is 0.282 e. The van der Waals surface area contributed by atoms with E-state index in [1.54, 1.807) is 0 Å². The minimum Gasteiger partial charge on any atom is -0.463 e. The van der Waals surface area contributed by atoms with Crippen LogP contribution in [0.2, 0.25) is 0 Å². The fourth-order valence-electron chi connectivity index (χ4n) is 2.02. The highest BCUT2D eigenvalue weighted by Gasteiger charge is 2.30. The van der Waals surface area contributed by atoms with Crippen molar-refractivity contribution in [1.29, 1.82) is 0 Å². The molecule has 0 saturated heterocycles. The van der Waals surface area contributed by atoms with Gasteiger partial charge in [0.1, 0.15) is 17.2 Å². The van der Waals surface area contributed by atoms with Crippen molar-refractivity contribution in [3.8, 4) is 0 Å². The molecule has 1 aromatic rings. The van der Waals surface area contributed by atoms with Crippen LogP contribution in [0.3, 0.4) is 0 Å². The summed E-state index contributed by atoms with van der Waals surface area (Å²) in [5.41, 5.74) is 5.49. The van der Waals surface area contributed by atoms with E-state index in [0.29, 0.717) is 12.6 Å². The number of ether oxygens (including phenoxy) is 1. The second-order valence-corrected chi connectivity index (χ2v) is 7.32. The largest absolute Gasteiger partial charge is 0.463 e. The molecule has 1 unspecified atom stereocenters. The van der Waals surface area contributed by atoms with Crippen molar-refractivity contribution >= 4 is 17.8 Å². The Morgan fingerprint density at radius 3 is 2.68 bits per heavy atom. The van der Waals surface area contributed by atoms with Crippen LogP contribution in [0.25, 0.3) is 0 Å². The molecule has 1 aliphatic heterocycles. The number of hydrogen-bond donors (Lipinski definition) is 1. The molecular formula is C14H20FN2OS+. The van der Waals surface area contributed by atoms with Gasteiger partial charge in [-0.2, -0.15) is 0 Å². The first-order valence-electron chi connectivity index (χ1n) is 6.39. The minimum absolute atomic E-state index is 0.130. The molecule has 0 amide bonds. The Kier molecular flexibility index (Phi) is 4.34. The van der Waals surface area contributed by atoms with E-state index in [0.717, 1.165) is 17.7 Å². The Morgan fingerprint density at radius 1 is 1.42 bits per heavy atom. The third kappa shape index (κ3) is 4.42. The molecule has 1 heterocycles. The van der Waals surface area contributed by atoms with Gasteiger partial charge in [-0.05, 0) is 51.0 Å². The van der Waals surface area contributed by atoms with Crippen molar-refractivity contribution < 1.29 is 9.13 Å². The summed E-state index contributed by atoms with van der Waals surface area (Å²) in [6.45, 7) is 5.01. The second kappa shape index (κ2) is 5.82. The molecule has 0 aromatic heterocycles. The predicted molar refractivity (Wildman–Crippen MR) is 78.1 cm³/mol. The average Bonchev–Trinajstić information content (AvgIpc) is 2.76. The van der Waals surface area contributed by atoms with Gasteiger partial charge in [0.2, 0.25) is 0 Å². The number of thiol groups is 1. The van der Waals surface area contributed by atoms with E-state index < -0.39 is 0 Å². The van der Waals surface area contributed by atoms with Gasteiger partial charge in [-0.3, -0.25) is 0 Å². The van der Waals surface area contributed by atoms with Crippen LogP contribution in [0.15, 0.2) is 34.2 Å². The van der Waals surface area contributed by atoms with Crippen molar-refractivity contribution in [3.63, 3.8) is 0 Å². The Morgan fingerprint density at radius 2 is 2.11 bits per heavy atom. The van der Waals surface area contributed by atoms with E-state index >= 15 is 0 Å². The summed E-state index contributed by atoms with van der Waals surface area (Å²) >= 11 is 1.20. The maximum atomic E-state index is 12.9. The number of nitrogens with two attached hydrogens (primary N) is 1. The molecule has 1 atom stereocenters. The molecular weight excluding hydrogens is 263 g/mol. The first-order valence-corrected chi connectivity index (χ1v) is 7.29. The average molecular weight is 283 g/mol. The first kappa shape index (κ1) is 14.2. The minimum atomic E-state index is -0.190. The first-order chi connectivity index (χ1) is 8.94.